The van der Waals surface area contributed by atoms with E-state index in [0.29, 0.717) is 0 Å². The van der Waals surface area contributed by atoms with Crippen LogP contribution in [0.4, 0.5) is 17.1 Å². The van der Waals surface area contributed by atoms with E-state index in [2.05, 4.69) is 228 Å². The number of rotatable bonds is 7. The zero-order valence-electron chi connectivity index (χ0n) is 29.7. The molecule has 0 bridgehead atoms. The highest BCUT2D eigenvalue weighted by Crippen LogP contribution is 2.42. The minimum absolute atomic E-state index is 1.09. The van der Waals surface area contributed by atoms with Crippen molar-refractivity contribution in [2.24, 2.45) is 0 Å². The lowest BCUT2D eigenvalue weighted by Crippen LogP contribution is -2.10. The number of anilines is 3. The molecule has 0 unspecified atom stereocenters. The molecule has 0 fully saturated rings. The van der Waals surface area contributed by atoms with Gasteiger partial charge in [-0.1, -0.05) is 164 Å². The highest BCUT2D eigenvalue weighted by Gasteiger charge is 2.19. The standard InChI is InChI=1S/C52H36N2/c1-3-13-37(14-4-1)39-23-30-43(31-24-39)53(44-32-25-40(26-33-44)38-15-5-2-6-16-38)45-34-27-42(28-35-45)52-46-18-8-7-17-41(46)29-36-51(52)54-49-21-11-9-19-47(49)48-20-10-12-22-50(48)54/h1-36H. The van der Waals surface area contributed by atoms with Crippen LogP contribution in [0.15, 0.2) is 218 Å². The second kappa shape index (κ2) is 13.4. The van der Waals surface area contributed by atoms with Gasteiger partial charge in [0.05, 0.1) is 16.7 Å². The van der Waals surface area contributed by atoms with E-state index in [-0.39, 0.29) is 0 Å². The van der Waals surface area contributed by atoms with Gasteiger partial charge in [0.25, 0.3) is 0 Å². The molecular weight excluding hydrogens is 653 g/mol. The van der Waals surface area contributed by atoms with E-state index in [1.165, 1.54) is 71.6 Å². The molecule has 1 aromatic heterocycles. The van der Waals surface area contributed by atoms with E-state index in [9.17, 15) is 0 Å². The molecule has 1 heterocycles. The van der Waals surface area contributed by atoms with E-state index < -0.39 is 0 Å². The Morgan fingerprint density at radius 2 is 0.667 bits per heavy atom. The summed E-state index contributed by atoms with van der Waals surface area (Å²) in [6.45, 7) is 0. The third kappa shape index (κ3) is 5.53. The van der Waals surface area contributed by atoms with Crippen molar-refractivity contribution in [2.45, 2.75) is 0 Å². The van der Waals surface area contributed by atoms with Crippen molar-refractivity contribution < 1.29 is 0 Å². The number of benzene rings is 9. The Morgan fingerprint density at radius 3 is 1.17 bits per heavy atom. The Hall–Kier alpha value is -7.16. The molecule has 9 aromatic carbocycles. The Morgan fingerprint density at radius 1 is 0.278 bits per heavy atom. The predicted octanol–water partition coefficient (Wildman–Crippen LogP) is 14.4. The van der Waals surface area contributed by atoms with Gasteiger partial charge < -0.3 is 9.47 Å². The lowest BCUT2D eigenvalue weighted by atomic mass is 9.95. The molecule has 0 aliphatic heterocycles. The first-order valence-corrected chi connectivity index (χ1v) is 18.5. The van der Waals surface area contributed by atoms with Gasteiger partial charge >= 0.3 is 0 Å². The van der Waals surface area contributed by atoms with Gasteiger partial charge in [-0.05, 0) is 93.2 Å². The third-order valence-corrected chi connectivity index (χ3v) is 10.6. The van der Waals surface area contributed by atoms with Crippen molar-refractivity contribution in [3.05, 3.63) is 218 Å². The monoisotopic (exact) mass is 688 g/mol. The summed E-state index contributed by atoms with van der Waals surface area (Å²) in [6, 6.07) is 78.8. The van der Waals surface area contributed by atoms with Crippen molar-refractivity contribution in [3.63, 3.8) is 0 Å². The van der Waals surface area contributed by atoms with E-state index in [1.54, 1.807) is 0 Å². The topological polar surface area (TPSA) is 8.17 Å². The Kier molecular flexibility index (Phi) is 7.85. The van der Waals surface area contributed by atoms with Crippen molar-refractivity contribution in [3.8, 4) is 39.1 Å². The molecule has 254 valence electrons. The van der Waals surface area contributed by atoms with Crippen LogP contribution in [0.1, 0.15) is 0 Å². The van der Waals surface area contributed by atoms with Crippen LogP contribution in [0.25, 0.3) is 71.6 Å². The molecule has 0 saturated carbocycles. The molecule has 54 heavy (non-hydrogen) atoms. The first kappa shape index (κ1) is 31.6. The summed E-state index contributed by atoms with van der Waals surface area (Å²) in [6.07, 6.45) is 0. The first-order valence-electron chi connectivity index (χ1n) is 18.5. The van der Waals surface area contributed by atoms with Crippen molar-refractivity contribution in [1.82, 2.24) is 4.57 Å². The summed E-state index contributed by atoms with van der Waals surface area (Å²) in [5, 5.41) is 4.97. The van der Waals surface area contributed by atoms with Crippen LogP contribution in [0.2, 0.25) is 0 Å². The molecule has 0 amide bonds. The van der Waals surface area contributed by atoms with Crippen LogP contribution < -0.4 is 4.90 Å². The van der Waals surface area contributed by atoms with Gasteiger partial charge in [-0.3, -0.25) is 0 Å². The molecule has 0 N–H and O–H groups in total. The maximum atomic E-state index is 2.44. The zero-order chi connectivity index (χ0) is 35.8. The van der Waals surface area contributed by atoms with Crippen LogP contribution in [0, 0.1) is 0 Å². The lowest BCUT2D eigenvalue weighted by Gasteiger charge is -2.26. The molecule has 0 saturated heterocycles. The molecule has 10 rings (SSSR count). The molecule has 0 spiro atoms. The number of nitrogens with zero attached hydrogens (tertiary/aromatic N) is 2. The van der Waals surface area contributed by atoms with Gasteiger partial charge in [-0.2, -0.15) is 0 Å². The number of para-hydroxylation sites is 2. The SMILES string of the molecule is c1ccc(-c2ccc(N(c3ccc(-c4ccccc4)cc3)c3ccc(-c4c(-n5c6ccccc6c6ccccc65)ccc5ccccc45)cc3)cc2)cc1. The van der Waals surface area contributed by atoms with Gasteiger partial charge in [0.1, 0.15) is 0 Å². The maximum Gasteiger partial charge on any atom is 0.0547 e. The van der Waals surface area contributed by atoms with E-state index in [1.807, 2.05) is 0 Å². The molecule has 2 heteroatoms. The summed E-state index contributed by atoms with van der Waals surface area (Å²) in [7, 11) is 0. The number of hydrogen-bond donors (Lipinski definition) is 0. The zero-order valence-corrected chi connectivity index (χ0v) is 29.7. The van der Waals surface area contributed by atoms with Crippen molar-refractivity contribution in [1.29, 1.82) is 0 Å². The molecular formula is C52H36N2. The van der Waals surface area contributed by atoms with Crippen LogP contribution >= 0.6 is 0 Å². The first-order chi connectivity index (χ1) is 26.8. The fourth-order valence-corrected chi connectivity index (χ4v) is 8.02. The van der Waals surface area contributed by atoms with Crippen molar-refractivity contribution in [2.75, 3.05) is 4.90 Å². The van der Waals surface area contributed by atoms with Crippen LogP contribution in [0.3, 0.4) is 0 Å². The van der Waals surface area contributed by atoms with E-state index >= 15 is 0 Å². The maximum absolute atomic E-state index is 2.44. The van der Waals surface area contributed by atoms with Crippen LogP contribution in [-0.4, -0.2) is 4.57 Å². The predicted molar refractivity (Wildman–Crippen MR) is 229 cm³/mol. The number of fused-ring (bicyclic) bond motifs is 4. The number of aromatic nitrogens is 1. The Balaban J connectivity index is 1.12. The summed E-state index contributed by atoms with van der Waals surface area (Å²) in [5.41, 5.74) is 14.1. The molecule has 0 radical (unpaired) electrons. The van der Waals surface area contributed by atoms with Gasteiger partial charge in [0, 0.05) is 33.4 Å². The van der Waals surface area contributed by atoms with E-state index in [0.717, 1.165) is 17.1 Å². The average molecular weight is 689 g/mol. The minimum atomic E-state index is 1.09. The Bertz CT molecular complexity index is 2750. The Labute approximate surface area is 315 Å². The smallest absolute Gasteiger partial charge is 0.0547 e. The van der Waals surface area contributed by atoms with Gasteiger partial charge in [0.15, 0.2) is 0 Å². The second-order valence-electron chi connectivity index (χ2n) is 13.8. The van der Waals surface area contributed by atoms with Gasteiger partial charge in [-0.25, -0.2) is 0 Å². The highest BCUT2D eigenvalue weighted by atomic mass is 15.1. The summed E-state index contributed by atoms with van der Waals surface area (Å²) >= 11 is 0. The van der Waals surface area contributed by atoms with Crippen LogP contribution in [-0.2, 0) is 0 Å². The minimum Gasteiger partial charge on any atom is -0.311 e. The molecule has 0 aliphatic carbocycles. The third-order valence-electron chi connectivity index (χ3n) is 10.6. The molecule has 10 aromatic rings. The summed E-state index contributed by atoms with van der Waals surface area (Å²) in [5.74, 6) is 0. The second-order valence-corrected chi connectivity index (χ2v) is 13.8. The summed E-state index contributed by atoms with van der Waals surface area (Å²) in [4.78, 5) is 2.35. The molecule has 0 aliphatic rings. The highest BCUT2D eigenvalue weighted by molar-refractivity contribution is 6.11. The van der Waals surface area contributed by atoms with Crippen molar-refractivity contribution >= 4 is 49.6 Å². The van der Waals surface area contributed by atoms with Crippen LogP contribution in [0.5, 0.6) is 0 Å². The quantitative estimate of drug-likeness (QED) is 0.162. The van der Waals surface area contributed by atoms with E-state index in [4.69, 9.17) is 0 Å². The average Bonchev–Trinajstić information content (AvgIpc) is 3.59. The van der Waals surface area contributed by atoms with Gasteiger partial charge in [-0.15, -0.1) is 0 Å². The largest absolute Gasteiger partial charge is 0.311 e. The fraction of sp³-hybridized carbons (Fsp3) is 0. The molecule has 2 nitrogen and oxygen atoms in total. The summed E-state index contributed by atoms with van der Waals surface area (Å²) < 4.78 is 2.44. The molecule has 0 atom stereocenters. The number of hydrogen-bond acceptors (Lipinski definition) is 1. The fourth-order valence-electron chi connectivity index (χ4n) is 8.02. The lowest BCUT2D eigenvalue weighted by molar-refractivity contribution is 1.19. The van der Waals surface area contributed by atoms with Gasteiger partial charge in [0.2, 0.25) is 0 Å². The normalized spacial score (nSPS) is 11.3.